The maximum atomic E-state index is 13.3. The fourth-order valence-corrected chi connectivity index (χ4v) is 1.91. The molecule has 0 heterocycles. The first-order valence-electron chi connectivity index (χ1n) is 5.85. The molecule has 0 amide bonds. The predicted molar refractivity (Wildman–Crippen MR) is 60.4 cm³/mol. The Balaban J connectivity index is 2.30. The summed E-state index contributed by atoms with van der Waals surface area (Å²) in [5, 5.41) is 3.72. The SMILES string of the molecule is Fc1c(F)c(F)c(NN=C2CCCCC2)c(F)c1F. The Morgan fingerprint density at radius 1 is 0.684 bits per heavy atom. The molecule has 0 atom stereocenters. The van der Waals surface area contributed by atoms with Gasteiger partial charge in [0.15, 0.2) is 23.3 Å². The van der Waals surface area contributed by atoms with Crippen molar-refractivity contribution in [2.45, 2.75) is 32.1 Å². The van der Waals surface area contributed by atoms with Gasteiger partial charge in [0.05, 0.1) is 0 Å². The van der Waals surface area contributed by atoms with E-state index in [-0.39, 0.29) is 0 Å². The Morgan fingerprint density at radius 2 is 1.16 bits per heavy atom. The van der Waals surface area contributed by atoms with E-state index in [1.807, 2.05) is 5.43 Å². The number of hydrogen-bond donors (Lipinski definition) is 1. The summed E-state index contributed by atoms with van der Waals surface area (Å²) in [5.74, 6) is -9.95. The monoisotopic (exact) mass is 278 g/mol. The van der Waals surface area contributed by atoms with Gasteiger partial charge in [-0.15, -0.1) is 0 Å². The van der Waals surface area contributed by atoms with Crippen LogP contribution in [-0.2, 0) is 0 Å². The zero-order chi connectivity index (χ0) is 14.0. The van der Waals surface area contributed by atoms with Crippen molar-refractivity contribution in [3.05, 3.63) is 29.1 Å². The third-order valence-electron chi connectivity index (χ3n) is 2.97. The summed E-state index contributed by atoms with van der Waals surface area (Å²) in [4.78, 5) is 0. The first kappa shape index (κ1) is 13.8. The molecule has 1 aliphatic carbocycles. The molecule has 1 aromatic carbocycles. The molecule has 0 aliphatic heterocycles. The Morgan fingerprint density at radius 3 is 1.68 bits per heavy atom. The van der Waals surface area contributed by atoms with Crippen molar-refractivity contribution in [1.82, 2.24) is 0 Å². The lowest BCUT2D eigenvalue weighted by Crippen LogP contribution is -2.10. The smallest absolute Gasteiger partial charge is 0.200 e. The summed E-state index contributed by atoms with van der Waals surface area (Å²) in [5.41, 5.74) is 1.50. The van der Waals surface area contributed by atoms with Crippen LogP contribution in [0.15, 0.2) is 5.10 Å². The van der Waals surface area contributed by atoms with Crippen molar-refractivity contribution >= 4 is 11.4 Å². The van der Waals surface area contributed by atoms with Crippen molar-refractivity contribution in [3.8, 4) is 0 Å². The number of hydrazone groups is 1. The number of halogens is 5. The zero-order valence-electron chi connectivity index (χ0n) is 9.87. The number of hydrogen-bond acceptors (Lipinski definition) is 2. The van der Waals surface area contributed by atoms with Crippen molar-refractivity contribution in [2.24, 2.45) is 5.10 Å². The minimum atomic E-state index is -2.18. The fraction of sp³-hybridized carbons (Fsp3) is 0.417. The third kappa shape index (κ3) is 2.69. The van der Waals surface area contributed by atoms with Crippen LogP contribution in [-0.4, -0.2) is 5.71 Å². The first-order chi connectivity index (χ1) is 9.02. The van der Waals surface area contributed by atoms with E-state index in [0.29, 0.717) is 18.6 Å². The highest BCUT2D eigenvalue weighted by molar-refractivity contribution is 5.85. The maximum Gasteiger partial charge on any atom is 0.200 e. The molecule has 0 saturated heterocycles. The average Bonchev–Trinajstić information content (AvgIpc) is 2.44. The molecule has 1 N–H and O–H groups in total. The van der Waals surface area contributed by atoms with Crippen LogP contribution in [0.2, 0.25) is 0 Å². The molecule has 0 aromatic heterocycles. The molecule has 0 radical (unpaired) electrons. The second kappa shape index (κ2) is 5.54. The quantitative estimate of drug-likeness (QED) is 0.374. The molecule has 19 heavy (non-hydrogen) atoms. The van der Waals surface area contributed by atoms with E-state index in [9.17, 15) is 22.0 Å². The highest BCUT2D eigenvalue weighted by atomic mass is 19.2. The molecule has 0 unspecified atom stereocenters. The Hall–Kier alpha value is -1.66. The van der Waals surface area contributed by atoms with E-state index >= 15 is 0 Å². The van der Waals surface area contributed by atoms with Crippen molar-refractivity contribution in [1.29, 1.82) is 0 Å². The van der Waals surface area contributed by atoms with Gasteiger partial charge in [0, 0.05) is 5.71 Å². The molecule has 1 aliphatic rings. The summed E-state index contributed by atoms with van der Waals surface area (Å²) in [6.45, 7) is 0. The lowest BCUT2D eigenvalue weighted by Gasteiger charge is -2.13. The van der Waals surface area contributed by atoms with Gasteiger partial charge in [-0.05, 0) is 25.7 Å². The molecular weight excluding hydrogens is 267 g/mol. The van der Waals surface area contributed by atoms with E-state index in [4.69, 9.17) is 0 Å². The Labute approximate surface area is 106 Å². The second-order valence-electron chi connectivity index (χ2n) is 4.30. The molecule has 2 rings (SSSR count). The minimum absolute atomic E-state index is 0.655. The maximum absolute atomic E-state index is 13.3. The normalized spacial score (nSPS) is 15.5. The number of nitrogens with zero attached hydrogens (tertiary/aromatic N) is 1. The topological polar surface area (TPSA) is 24.4 Å². The summed E-state index contributed by atoms with van der Waals surface area (Å²) in [6.07, 6.45) is 4.15. The Kier molecular flexibility index (Phi) is 4.01. The number of rotatable bonds is 2. The highest BCUT2D eigenvalue weighted by Gasteiger charge is 2.25. The predicted octanol–water partition coefficient (Wildman–Crippen LogP) is 4.11. The molecule has 0 spiro atoms. The number of nitrogens with one attached hydrogen (secondary N) is 1. The van der Waals surface area contributed by atoms with E-state index in [2.05, 4.69) is 5.10 Å². The van der Waals surface area contributed by atoms with E-state index in [1.165, 1.54) is 0 Å². The fourth-order valence-electron chi connectivity index (χ4n) is 1.91. The van der Waals surface area contributed by atoms with Gasteiger partial charge in [0.2, 0.25) is 5.82 Å². The van der Waals surface area contributed by atoms with Crippen molar-refractivity contribution in [3.63, 3.8) is 0 Å². The molecule has 0 bridgehead atoms. The van der Waals surface area contributed by atoms with Crippen LogP contribution in [0.5, 0.6) is 0 Å². The van der Waals surface area contributed by atoms with Gasteiger partial charge < -0.3 is 0 Å². The summed E-state index contributed by atoms with van der Waals surface area (Å²) < 4.78 is 65.2. The highest BCUT2D eigenvalue weighted by Crippen LogP contribution is 2.27. The lowest BCUT2D eigenvalue weighted by molar-refractivity contribution is 0.381. The van der Waals surface area contributed by atoms with Gasteiger partial charge in [0.25, 0.3) is 0 Å². The molecule has 1 aromatic rings. The minimum Gasteiger partial charge on any atom is -0.272 e. The van der Waals surface area contributed by atoms with Gasteiger partial charge in [-0.1, -0.05) is 6.42 Å². The van der Waals surface area contributed by atoms with Gasteiger partial charge >= 0.3 is 0 Å². The van der Waals surface area contributed by atoms with Gasteiger partial charge in [-0.25, -0.2) is 22.0 Å². The number of benzene rings is 1. The first-order valence-corrected chi connectivity index (χ1v) is 5.85. The van der Waals surface area contributed by atoms with Crippen LogP contribution >= 0.6 is 0 Å². The molecule has 104 valence electrons. The molecule has 7 heteroatoms. The van der Waals surface area contributed by atoms with Crippen LogP contribution in [0.25, 0.3) is 0 Å². The zero-order valence-corrected chi connectivity index (χ0v) is 9.87. The standard InChI is InChI=1S/C12H11F5N2/c13-7-8(14)10(16)12(11(17)9(7)15)19-18-6-4-2-1-3-5-6/h19H,1-5H2. The molecule has 2 nitrogen and oxygen atoms in total. The molecule has 1 fully saturated rings. The Bertz CT molecular complexity index is 490. The average molecular weight is 278 g/mol. The van der Waals surface area contributed by atoms with Crippen LogP contribution < -0.4 is 5.43 Å². The summed E-state index contributed by atoms with van der Waals surface area (Å²) in [7, 11) is 0. The molecular formula is C12H11F5N2. The lowest BCUT2D eigenvalue weighted by atomic mass is 9.99. The second-order valence-corrected chi connectivity index (χ2v) is 4.30. The van der Waals surface area contributed by atoms with Crippen molar-refractivity contribution in [2.75, 3.05) is 5.43 Å². The van der Waals surface area contributed by atoms with Gasteiger partial charge in [0.1, 0.15) is 5.69 Å². The van der Waals surface area contributed by atoms with Crippen LogP contribution in [0.1, 0.15) is 32.1 Å². The van der Waals surface area contributed by atoms with Gasteiger partial charge in [-0.2, -0.15) is 5.10 Å². The summed E-state index contributed by atoms with van der Waals surface area (Å²) >= 11 is 0. The summed E-state index contributed by atoms with van der Waals surface area (Å²) in [6, 6.07) is 0. The van der Waals surface area contributed by atoms with Crippen molar-refractivity contribution < 1.29 is 22.0 Å². The van der Waals surface area contributed by atoms with E-state index in [0.717, 1.165) is 19.3 Å². The van der Waals surface area contributed by atoms with Crippen LogP contribution in [0, 0.1) is 29.1 Å². The number of anilines is 1. The largest absolute Gasteiger partial charge is 0.272 e. The third-order valence-corrected chi connectivity index (χ3v) is 2.97. The van der Waals surface area contributed by atoms with E-state index < -0.39 is 34.8 Å². The van der Waals surface area contributed by atoms with Crippen LogP contribution in [0.4, 0.5) is 27.6 Å². The van der Waals surface area contributed by atoms with Gasteiger partial charge in [-0.3, -0.25) is 5.43 Å². The van der Waals surface area contributed by atoms with Crippen LogP contribution in [0.3, 0.4) is 0 Å². The van der Waals surface area contributed by atoms with E-state index in [1.54, 1.807) is 0 Å². The molecule has 1 saturated carbocycles.